The molecule has 1 aromatic carbocycles. The largest absolute Gasteiger partial charge is 0.354 e. The molecule has 0 spiro atoms. The molecule has 3 rings (SSSR count). The van der Waals surface area contributed by atoms with Crippen LogP contribution in [0.1, 0.15) is 23.6 Å². The van der Waals surface area contributed by atoms with Crippen LogP contribution in [0.15, 0.2) is 47.6 Å². The molecule has 0 atom stereocenters. The van der Waals surface area contributed by atoms with Crippen molar-refractivity contribution < 1.29 is 0 Å². The van der Waals surface area contributed by atoms with E-state index >= 15 is 0 Å². The number of hydrogen-bond acceptors (Lipinski definition) is 4. The summed E-state index contributed by atoms with van der Waals surface area (Å²) in [6, 6.07) is 12.7. The second kappa shape index (κ2) is 12.0. The third-order valence-corrected chi connectivity index (χ3v) is 5.34. The van der Waals surface area contributed by atoms with Gasteiger partial charge in [-0.1, -0.05) is 37.3 Å². The smallest absolute Gasteiger partial charge is 0.191 e. The van der Waals surface area contributed by atoms with Gasteiger partial charge in [0.25, 0.3) is 0 Å². The van der Waals surface area contributed by atoms with Crippen molar-refractivity contribution in [1.29, 1.82) is 0 Å². The van der Waals surface area contributed by atoms with Crippen molar-refractivity contribution in [2.24, 2.45) is 4.99 Å². The van der Waals surface area contributed by atoms with E-state index in [0.717, 1.165) is 56.6 Å². The highest BCUT2D eigenvalue weighted by molar-refractivity contribution is 14.0. The van der Waals surface area contributed by atoms with Crippen molar-refractivity contribution in [2.75, 3.05) is 44.7 Å². The molecule has 2 heterocycles. The Morgan fingerprint density at radius 3 is 2.38 bits per heavy atom. The number of halogens is 1. The molecule has 2 aromatic rings. The van der Waals surface area contributed by atoms with Crippen LogP contribution in [0.4, 0.5) is 5.82 Å². The maximum atomic E-state index is 4.67. The minimum absolute atomic E-state index is 0. The van der Waals surface area contributed by atoms with Gasteiger partial charge in [-0.2, -0.15) is 0 Å². The summed E-state index contributed by atoms with van der Waals surface area (Å²) in [6.45, 7) is 11.3. The Bertz CT molecular complexity index is 769. The number of aromatic nitrogens is 1. The molecule has 0 amide bonds. The summed E-state index contributed by atoms with van der Waals surface area (Å²) in [5, 5.41) is 6.74. The van der Waals surface area contributed by atoms with Gasteiger partial charge in [0.1, 0.15) is 5.82 Å². The lowest BCUT2D eigenvalue weighted by molar-refractivity contribution is 0.270. The summed E-state index contributed by atoms with van der Waals surface area (Å²) in [4.78, 5) is 13.8. The quantitative estimate of drug-likeness (QED) is 0.357. The highest BCUT2D eigenvalue weighted by Gasteiger charge is 2.16. The lowest BCUT2D eigenvalue weighted by atomic mass is 10.1. The van der Waals surface area contributed by atoms with Crippen LogP contribution in [0.5, 0.6) is 0 Å². The van der Waals surface area contributed by atoms with Gasteiger partial charge >= 0.3 is 0 Å². The van der Waals surface area contributed by atoms with Gasteiger partial charge in [-0.15, -0.1) is 24.0 Å². The second-order valence-corrected chi connectivity index (χ2v) is 7.15. The molecule has 0 bridgehead atoms. The van der Waals surface area contributed by atoms with Crippen molar-refractivity contribution >= 4 is 35.8 Å². The van der Waals surface area contributed by atoms with Gasteiger partial charge in [0.2, 0.25) is 0 Å². The van der Waals surface area contributed by atoms with E-state index in [0.29, 0.717) is 6.54 Å². The van der Waals surface area contributed by atoms with Crippen LogP contribution in [-0.4, -0.2) is 55.6 Å². The molecule has 1 aromatic heterocycles. The van der Waals surface area contributed by atoms with Crippen LogP contribution in [0, 0.1) is 6.92 Å². The number of piperazine rings is 1. The van der Waals surface area contributed by atoms with E-state index in [2.05, 4.69) is 80.7 Å². The number of guanidine groups is 1. The van der Waals surface area contributed by atoms with Crippen molar-refractivity contribution in [1.82, 2.24) is 20.5 Å². The number of rotatable bonds is 6. The van der Waals surface area contributed by atoms with Gasteiger partial charge in [-0.05, 0) is 36.2 Å². The van der Waals surface area contributed by atoms with Crippen molar-refractivity contribution in [3.05, 3.63) is 59.3 Å². The van der Waals surface area contributed by atoms with Gasteiger partial charge in [-0.25, -0.2) is 4.98 Å². The predicted molar refractivity (Wildman–Crippen MR) is 132 cm³/mol. The predicted octanol–water partition coefficient (Wildman–Crippen LogP) is 3.02. The highest BCUT2D eigenvalue weighted by Crippen LogP contribution is 2.14. The molecule has 1 aliphatic heterocycles. The zero-order chi connectivity index (χ0) is 19.8. The van der Waals surface area contributed by atoms with Gasteiger partial charge in [0, 0.05) is 52.5 Å². The SMILES string of the molecule is CCN1CCN(c2ccc(CNC(=NC)NCc3ccccc3C)cn2)CC1.I. The number of likely N-dealkylation sites (N-methyl/N-ethyl adjacent to an activating group) is 1. The van der Waals surface area contributed by atoms with Crippen LogP contribution in [0.3, 0.4) is 0 Å². The zero-order valence-electron chi connectivity index (χ0n) is 17.7. The molecule has 158 valence electrons. The maximum absolute atomic E-state index is 4.67. The molecule has 1 fully saturated rings. The first-order valence-electron chi connectivity index (χ1n) is 10.1. The lowest BCUT2D eigenvalue weighted by Gasteiger charge is -2.34. The number of anilines is 1. The Morgan fingerprint density at radius 1 is 1.03 bits per heavy atom. The zero-order valence-corrected chi connectivity index (χ0v) is 20.0. The average Bonchev–Trinajstić information content (AvgIpc) is 2.75. The number of aryl methyl sites for hydroxylation is 1. The number of hydrogen-bond donors (Lipinski definition) is 2. The van der Waals surface area contributed by atoms with Crippen molar-refractivity contribution in [3.8, 4) is 0 Å². The summed E-state index contributed by atoms with van der Waals surface area (Å²) >= 11 is 0. The second-order valence-electron chi connectivity index (χ2n) is 7.15. The minimum atomic E-state index is 0. The number of benzene rings is 1. The molecule has 0 saturated carbocycles. The van der Waals surface area contributed by atoms with Crippen molar-refractivity contribution in [3.63, 3.8) is 0 Å². The van der Waals surface area contributed by atoms with E-state index in [9.17, 15) is 0 Å². The summed E-state index contributed by atoms with van der Waals surface area (Å²) in [6.07, 6.45) is 1.96. The van der Waals surface area contributed by atoms with Gasteiger partial charge in [0.15, 0.2) is 5.96 Å². The Balaban J connectivity index is 0.00000300. The minimum Gasteiger partial charge on any atom is -0.354 e. The molecule has 1 aliphatic rings. The Labute approximate surface area is 191 Å². The standard InChI is InChI=1S/C22H32N6.HI/c1-4-27-11-13-28(14-12-27)21-10-9-19(15-24-21)16-25-22(23-3)26-17-20-8-6-5-7-18(20)2;/h5-10,15H,4,11-14,16-17H2,1-3H3,(H2,23,25,26);1H. The molecule has 0 aliphatic carbocycles. The maximum Gasteiger partial charge on any atom is 0.191 e. The van der Waals surface area contributed by atoms with E-state index < -0.39 is 0 Å². The van der Waals surface area contributed by atoms with Crippen LogP contribution in [0.25, 0.3) is 0 Å². The van der Waals surface area contributed by atoms with Crippen LogP contribution in [0.2, 0.25) is 0 Å². The van der Waals surface area contributed by atoms with Crippen LogP contribution >= 0.6 is 24.0 Å². The number of nitrogens with one attached hydrogen (secondary N) is 2. The third-order valence-electron chi connectivity index (χ3n) is 5.34. The van der Waals surface area contributed by atoms with Gasteiger partial charge in [-0.3, -0.25) is 4.99 Å². The number of aliphatic imine (C=N–C) groups is 1. The van der Waals surface area contributed by atoms with Crippen LogP contribution < -0.4 is 15.5 Å². The summed E-state index contributed by atoms with van der Waals surface area (Å²) in [7, 11) is 1.80. The molecule has 0 unspecified atom stereocenters. The molecule has 0 radical (unpaired) electrons. The van der Waals surface area contributed by atoms with E-state index in [1.807, 2.05) is 6.20 Å². The van der Waals surface area contributed by atoms with Gasteiger partial charge in [0.05, 0.1) is 0 Å². The van der Waals surface area contributed by atoms with Crippen LogP contribution in [-0.2, 0) is 13.1 Å². The molecular weight excluding hydrogens is 475 g/mol. The summed E-state index contributed by atoms with van der Waals surface area (Å²) < 4.78 is 0. The summed E-state index contributed by atoms with van der Waals surface area (Å²) in [5.74, 6) is 1.87. The van der Waals surface area contributed by atoms with Gasteiger partial charge < -0.3 is 20.4 Å². The molecule has 6 nitrogen and oxygen atoms in total. The van der Waals surface area contributed by atoms with E-state index in [1.165, 1.54) is 11.1 Å². The highest BCUT2D eigenvalue weighted by atomic mass is 127. The third kappa shape index (κ3) is 6.85. The Hall–Kier alpha value is -1.87. The van der Waals surface area contributed by atoms with E-state index in [-0.39, 0.29) is 24.0 Å². The Morgan fingerprint density at radius 2 is 1.76 bits per heavy atom. The monoisotopic (exact) mass is 508 g/mol. The van der Waals surface area contributed by atoms with Crippen molar-refractivity contribution in [2.45, 2.75) is 26.9 Å². The average molecular weight is 508 g/mol. The molecule has 1 saturated heterocycles. The van der Waals surface area contributed by atoms with E-state index in [1.54, 1.807) is 7.05 Å². The molecule has 2 N–H and O–H groups in total. The summed E-state index contributed by atoms with van der Waals surface area (Å²) in [5.41, 5.74) is 3.71. The molecular formula is C22H33IN6. The molecule has 7 heteroatoms. The fourth-order valence-corrected chi connectivity index (χ4v) is 3.40. The topological polar surface area (TPSA) is 55.8 Å². The fraction of sp³-hybridized carbons (Fsp3) is 0.455. The first kappa shape index (κ1) is 23.4. The lowest BCUT2D eigenvalue weighted by Crippen LogP contribution is -2.46. The first-order valence-corrected chi connectivity index (χ1v) is 10.1. The number of nitrogens with zero attached hydrogens (tertiary/aromatic N) is 4. The van der Waals surface area contributed by atoms with E-state index in [4.69, 9.17) is 0 Å². The first-order chi connectivity index (χ1) is 13.7. The normalized spacial score (nSPS) is 15.0. The Kier molecular flexibility index (Phi) is 9.66. The fourth-order valence-electron chi connectivity index (χ4n) is 3.40. The molecule has 29 heavy (non-hydrogen) atoms. The number of pyridine rings is 1.